The van der Waals surface area contributed by atoms with E-state index < -0.39 is 0 Å². The molecule has 2 aromatic rings. The minimum atomic E-state index is -0.306. The van der Waals surface area contributed by atoms with Crippen molar-refractivity contribution in [1.29, 1.82) is 0 Å². The van der Waals surface area contributed by atoms with Crippen molar-refractivity contribution in [2.45, 2.75) is 25.9 Å². The fourth-order valence-electron chi connectivity index (χ4n) is 5.29. The van der Waals surface area contributed by atoms with Crippen LogP contribution >= 0.6 is 24.8 Å². The predicted molar refractivity (Wildman–Crippen MR) is 123 cm³/mol. The Kier molecular flexibility index (Phi) is 7.47. The van der Waals surface area contributed by atoms with Crippen LogP contribution < -0.4 is 5.32 Å². The number of amides is 2. The molecule has 0 saturated carbocycles. The molecule has 0 aliphatic carbocycles. The van der Waals surface area contributed by atoms with Crippen LogP contribution in [0.25, 0.3) is 0 Å². The second kappa shape index (κ2) is 9.77. The van der Waals surface area contributed by atoms with Crippen molar-refractivity contribution in [2.24, 2.45) is 11.8 Å². The van der Waals surface area contributed by atoms with Crippen LogP contribution in [-0.2, 0) is 17.8 Å². The summed E-state index contributed by atoms with van der Waals surface area (Å²) in [6, 6.07) is 6.27. The number of carbonyl (C=O) groups excluding carboxylic acids is 2. The highest BCUT2D eigenvalue weighted by molar-refractivity contribution is 5.92. The second-order valence-electron chi connectivity index (χ2n) is 8.54. The van der Waals surface area contributed by atoms with Gasteiger partial charge in [0.05, 0.1) is 6.04 Å². The van der Waals surface area contributed by atoms with Gasteiger partial charge in [-0.2, -0.15) is 0 Å². The molecule has 174 valence electrons. The lowest BCUT2D eigenvalue weighted by Gasteiger charge is -2.29. The molecule has 3 aliphatic rings. The van der Waals surface area contributed by atoms with Crippen LogP contribution in [0.3, 0.4) is 0 Å². The van der Waals surface area contributed by atoms with Gasteiger partial charge < -0.3 is 19.7 Å². The average molecular weight is 484 g/mol. The monoisotopic (exact) mass is 483 g/mol. The first-order chi connectivity index (χ1) is 14.5. The molecule has 3 atom stereocenters. The molecule has 32 heavy (non-hydrogen) atoms. The molecular formula is C22H28Cl2FN5O2. The summed E-state index contributed by atoms with van der Waals surface area (Å²) < 4.78 is 15.9. The zero-order valence-corrected chi connectivity index (χ0v) is 19.5. The van der Waals surface area contributed by atoms with E-state index in [1.165, 1.54) is 12.1 Å². The Morgan fingerprint density at radius 1 is 1.16 bits per heavy atom. The molecule has 0 radical (unpaired) electrons. The van der Waals surface area contributed by atoms with Crippen molar-refractivity contribution in [3.63, 3.8) is 0 Å². The predicted octanol–water partition coefficient (Wildman–Crippen LogP) is 2.30. The number of carbonyl (C=O) groups is 2. The summed E-state index contributed by atoms with van der Waals surface area (Å²) in [5.41, 5.74) is 1.30. The molecule has 3 aliphatic heterocycles. The molecule has 4 heterocycles. The van der Waals surface area contributed by atoms with E-state index in [0.29, 0.717) is 25.3 Å². The number of nitrogens with one attached hydrogen (secondary N) is 1. The highest BCUT2D eigenvalue weighted by Gasteiger charge is 2.49. The summed E-state index contributed by atoms with van der Waals surface area (Å²) in [4.78, 5) is 33.7. The van der Waals surface area contributed by atoms with E-state index in [2.05, 4.69) is 14.9 Å². The summed E-state index contributed by atoms with van der Waals surface area (Å²) >= 11 is 0. The minimum absolute atomic E-state index is 0. The molecule has 5 rings (SSSR count). The van der Waals surface area contributed by atoms with E-state index in [1.807, 2.05) is 22.1 Å². The molecular weight excluding hydrogens is 456 g/mol. The minimum Gasteiger partial charge on any atom is -0.337 e. The number of hydrogen-bond donors (Lipinski definition) is 1. The summed E-state index contributed by atoms with van der Waals surface area (Å²) in [5.74, 6) is 0.871. The van der Waals surface area contributed by atoms with Crippen molar-refractivity contribution in [3.8, 4) is 0 Å². The maximum atomic E-state index is 13.9. The lowest BCUT2D eigenvalue weighted by Crippen LogP contribution is -2.36. The topological polar surface area (TPSA) is 70.5 Å². The van der Waals surface area contributed by atoms with Gasteiger partial charge in [-0.3, -0.25) is 9.59 Å². The Balaban J connectivity index is 0.00000144. The number of hydrogen-bond acceptors (Lipinski definition) is 4. The molecule has 1 aromatic carbocycles. The van der Waals surface area contributed by atoms with Gasteiger partial charge in [-0.1, -0.05) is 12.1 Å². The molecule has 0 bridgehead atoms. The first-order valence-electron chi connectivity index (χ1n) is 10.6. The molecule has 1 aromatic heterocycles. The van der Waals surface area contributed by atoms with E-state index in [0.717, 1.165) is 37.4 Å². The van der Waals surface area contributed by atoms with Crippen molar-refractivity contribution in [2.75, 3.05) is 32.7 Å². The molecule has 7 nitrogen and oxygen atoms in total. The highest BCUT2D eigenvalue weighted by Crippen LogP contribution is 2.45. The van der Waals surface area contributed by atoms with E-state index in [-0.39, 0.29) is 60.3 Å². The van der Waals surface area contributed by atoms with Crippen LogP contribution in [0.5, 0.6) is 0 Å². The third-order valence-electron chi connectivity index (χ3n) is 6.68. The Labute approximate surface area is 199 Å². The number of rotatable bonds is 2. The van der Waals surface area contributed by atoms with Crippen LogP contribution in [0.2, 0.25) is 0 Å². The van der Waals surface area contributed by atoms with E-state index >= 15 is 0 Å². The van der Waals surface area contributed by atoms with Gasteiger partial charge in [0.1, 0.15) is 17.3 Å². The third kappa shape index (κ3) is 4.36. The maximum absolute atomic E-state index is 13.9. The molecule has 1 N–H and O–H groups in total. The number of imidazole rings is 1. The third-order valence-corrected chi connectivity index (χ3v) is 6.68. The van der Waals surface area contributed by atoms with Crippen LogP contribution in [0, 0.1) is 17.7 Å². The molecule has 2 fully saturated rings. The smallest absolute Gasteiger partial charge is 0.274 e. The highest BCUT2D eigenvalue weighted by atomic mass is 35.5. The Morgan fingerprint density at radius 2 is 1.97 bits per heavy atom. The summed E-state index contributed by atoms with van der Waals surface area (Å²) in [6.45, 7) is 5.87. The normalized spacial score (nSPS) is 24.1. The SMILES string of the molecule is CC(=O)N1C[C@H]2CN(C(=O)c3cn4c(n3)CCNCC4)C[C@H]2[C@H]1c1cccc(F)c1.Cl.Cl. The first kappa shape index (κ1) is 24.5. The standard InChI is InChI=1S/C22H26FN5O2.2ClH/c1-14(29)28-11-16-10-27(12-18(16)21(28)15-3-2-4-17(23)9-15)22(30)19-13-26-8-7-24-6-5-20(26)25-19;;/h2-4,9,13,16,18,21,24H,5-8,10-12H2,1H3;2*1H/t16-,18-,21-;;/m1../s1. The molecule has 2 amide bonds. The number of fused-ring (bicyclic) bond motifs is 2. The number of benzene rings is 1. The van der Waals surface area contributed by atoms with Gasteiger partial charge in [-0.05, 0) is 17.7 Å². The van der Waals surface area contributed by atoms with Gasteiger partial charge >= 0.3 is 0 Å². The molecule has 10 heteroatoms. The lowest BCUT2D eigenvalue weighted by atomic mass is 9.89. The zero-order valence-electron chi connectivity index (χ0n) is 17.9. The average Bonchev–Trinajstić information content (AvgIpc) is 3.36. The summed E-state index contributed by atoms with van der Waals surface area (Å²) in [6.07, 6.45) is 2.68. The van der Waals surface area contributed by atoms with Crippen LogP contribution in [0.15, 0.2) is 30.5 Å². The Morgan fingerprint density at radius 3 is 2.72 bits per heavy atom. The maximum Gasteiger partial charge on any atom is 0.274 e. The first-order valence-corrected chi connectivity index (χ1v) is 10.6. The lowest BCUT2D eigenvalue weighted by molar-refractivity contribution is -0.130. The van der Waals surface area contributed by atoms with Crippen molar-refractivity contribution in [1.82, 2.24) is 24.7 Å². The molecule has 2 saturated heterocycles. The van der Waals surface area contributed by atoms with Crippen molar-refractivity contribution in [3.05, 3.63) is 53.4 Å². The van der Waals surface area contributed by atoms with E-state index in [1.54, 1.807) is 13.0 Å². The molecule has 0 spiro atoms. The largest absolute Gasteiger partial charge is 0.337 e. The van der Waals surface area contributed by atoms with Gasteiger partial charge in [0.15, 0.2) is 0 Å². The van der Waals surface area contributed by atoms with Crippen LogP contribution in [-0.4, -0.2) is 63.9 Å². The second-order valence-corrected chi connectivity index (χ2v) is 8.54. The number of nitrogens with zero attached hydrogens (tertiary/aromatic N) is 4. The summed E-state index contributed by atoms with van der Waals surface area (Å²) in [7, 11) is 0. The van der Waals surface area contributed by atoms with Gasteiger partial charge in [0.25, 0.3) is 5.91 Å². The number of aromatic nitrogens is 2. The quantitative estimate of drug-likeness (QED) is 0.711. The number of likely N-dealkylation sites (tertiary alicyclic amines) is 2. The van der Waals surface area contributed by atoms with E-state index in [9.17, 15) is 14.0 Å². The zero-order chi connectivity index (χ0) is 20.8. The van der Waals surface area contributed by atoms with E-state index in [4.69, 9.17) is 0 Å². The Bertz CT molecular complexity index is 977. The van der Waals surface area contributed by atoms with Crippen molar-refractivity contribution >= 4 is 36.6 Å². The van der Waals surface area contributed by atoms with Gasteiger partial charge in [0, 0.05) is 70.6 Å². The van der Waals surface area contributed by atoms with Crippen molar-refractivity contribution < 1.29 is 14.0 Å². The fraction of sp³-hybridized carbons (Fsp3) is 0.500. The van der Waals surface area contributed by atoms with Gasteiger partial charge in [-0.25, -0.2) is 9.37 Å². The van der Waals surface area contributed by atoms with Crippen LogP contribution in [0.4, 0.5) is 4.39 Å². The molecule has 0 unspecified atom stereocenters. The van der Waals surface area contributed by atoms with Gasteiger partial charge in [-0.15, -0.1) is 24.8 Å². The summed E-state index contributed by atoms with van der Waals surface area (Å²) in [5, 5.41) is 3.33. The Hall–Kier alpha value is -2.16. The van der Waals surface area contributed by atoms with Crippen LogP contribution in [0.1, 0.15) is 34.8 Å². The van der Waals surface area contributed by atoms with Gasteiger partial charge in [0.2, 0.25) is 5.91 Å². The fourth-order valence-corrected chi connectivity index (χ4v) is 5.29. The number of halogens is 3.